The first-order valence-corrected chi connectivity index (χ1v) is 10.7. The molecular weight excluding hydrogens is 402 g/mol. The normalized spacial score (nSPS) is 27.1. The first-order valence-electron chi connectivity index (χ1n) is 10.7. The zero-order valence-corrected chi connectivity index (χ0v) is 17.7. The number of nitrogens with zero attached hydrogens (tertiary/aromatic N) is 1. The maximum atomic E-state index is 14.0. The molecule has 0 spiro atoms. The number of imide groups is 1. The Morgan fingerprint density at radius 3 is 1.91 bits per heavy atom. The first kappa shape index (κ1) is 19.0. The van der Waals surface area contributed by atoms with Gasteiger partial charge in [-0.3, -0.25) is 9.59 Å². The average molecular weight is 423 g/mol. The SMILES string of the molecule is COC(=O)c1ccc(N2C(=O)[C@@H]3C4c5ccccc5C(c5ccccc54)[C@]3(C)C2=O)cc1. The summed E-state index contributed by atoms with van der Waals surface area (Å²) >= 11 is 0. The van der Waals surface area contributed by atoms with Crippen LogP contribution in [-0.4, -0.2) is 24.9 Å². The Kier molecular flexibility index (Phi) is 3.79. The summed E-state index contributed by atoms with van der Waals surface area (Å²) in [6.45, 7) is 1.95. The van der Waals surface area contributed by atoms with E-state index >= 15 is 0 Å². The van der Waals surface area contributed by atoms with Gasteiger partial charge in [0.25, 0.3) is 0 Å². The molecule has 4 aliphatic rings. The molecule has 3 aromatic carbocycles. The summed E-state index contributed by atoms with van der Waals surface area (Å²) in [5, 5.41) is 0. The molecule has 158 valence electrons. The van der Waals surface area contributed by atoms with E-state index in [9.17, 15) is 14.4 Å². The maximum Gasteiger partial charge on any atom is 0.337 e. The van der Waals surface area contributed by atoms with E-state index in [0.29, 0.717) is 11.3 Å². The third-order valence-corrected chi connectivity index (χ3v) is 7.56. The minimum atomic E-state index is -0.870. The number of carbonyl (C=O) groups is 3. The molecule has 0 aromatic heterocycles. The molecule has 3 aliphatic carbocycles. The van der Waals surface area contributed by atoms with Crippen molar-refractivity contribution in [3.05, 3.63) is 101 Å². The lowest BCUT2D eigenvalue weighted by molar-refractivity contribution is -0.128. The monoisotopic (exact) mass is 423 g/mol. The van der Waals surface area contributed by atoms with E-state index in [1.54, 1.807) is 24.3 Å². The Balaban J connectivity index is 1.52. The van der Waals surface area contributed by atoms with E-state index in [1.807, 2.05) is 31.2 Å². The summed E-state index contributed by atoms with van der Waals surface area (Å²) in [7, 11) is 1.32. The third-order valence-electron chi connectivity index (χ3n) is 7.56. The minimum Gasteiger partial charge on any atom is -0.465 e. The van der Waals surface area contributed by atoms with Crippen LogP contribution in [0.4, 0.5) is 5.69 Å². The van der Waals surface area contributed by atoms with Gasteiger partial charge in [-0.1, -0.05) is 48.5 Å². The standard InChI is InChI=1S/C27H21NO4/c1-27-22-19-9-5-3-7-17(19)21(18-8-4-6-10-20(18)22)23(27)24(29)28(26(27)31)16-13-11-15(12-14-16)25(30)32-2/h3-14,21-23H,1-2H3/t21?,22?,23-,27-/m0/s1. The number of rotatable bonds is 2. The molecule has 1 saturated heterocycles. The molecule has 1 heterocycles. The third kappa shape index (κ3) is 2.15. The van der Waals surface area contributed by atoms with Gasteiger partial charge >= 0.3 is 5.97 Å². The molecule has 0 radical (unpaired) electrons. The second-order valence-corrected chi connectivity index (χ2v) is 8.95. The van der Waals surface area contributed by atoms with Crippen LogP contribution in [0.1, 0.15) is 51.4 Å². The fourth-order valence-electron chi connectivity index (χ4n) is 6.22. The number of ether oxygens (including phenoxy) is 1. The lowest BCUT2D eigenvalue weighted by Gasteiger charge is -2.51. The van der Waals surface area contributed by atoms with E-state index in [4.69, 9.17) is 4.74 Å². The molecular formula is C27H21NO4. The highest BCUT2D eigenvalue weighted by atomic mass is 16.5. The van der Waals surface area contributed by atoms with Crippen LogP contribution in [0.15, 0.2) is 72.8 Å². The van der Waals surface area contributed by atoms with Crippen molar-refractivity contribution in [3.8, 4) is 0 Å². The highest BCUT2D eigenvalue weighted by Gasteiger charge is 2.68. The number of amides is 2. The Morgan fingerprint density at radius 1 is 0.844 bits per heavy atom. The molecule has 0 saturated carbocycles. The predicted molar refractivity (Wildman–Crippen MR) is 118 cm³/mol. The second-order valence-electron chi connectivity index (χ2n) is 8.95. The number of hydrogen-bond donors (Lipinski definition) is 0. The highest BCUT2D eigenvalue weighted by molar-refractivity contribution is 6.25. The lowest BCUT2D eigenvalue weighted by atomic mass is 9.48. The number of anilines is 1. The Bertz CT molecular complexity index is 1260. The highest BCUT2D eigenvalue weighted by Crippen LogP contribution is 2.67. The van der Waals surface area contributed by atoms with Crippen molar-refractivity contribution in [2.75, 3.05) is 12.0 Å². The number of methoxy groups -OCH3 is 1. The molecule has 2 atom stereocenters. The number of benzene rings is 3. The van der Waals surface area contributed by atoms with Gasteiger partial charge in [0, 0.05) is 11.8 Å². The Morgan fingerprint density at radius 2 is 1.38 bits per heavy atom. The molecule has 32 heavy (non-hydrogen) atoms. The fourth-order valence-corrected chi connectivity index (χ4v) is 6.22. The van der Waals surface area contributed by atoms with Crippen LogP contribution in [-0.2, 0) is 14.3 Å². The van der Waals surface area contributed by atoms with Gasteiger partial charge in [0.1, 0.15) is 0 Å². The Hall–Kier alpha value is -3.73. The number of hydrogen-bond acceptors (Lipinski definition) is 4. The van der Waals surface area contributed by atoms with Crippen molar-refractivity contribution < 1.29 is 19.1 Å². The molecule has 0 N–H and O–H groups in total. The molecule has 1 fully saturated rings. The van der Waals surface area contributed by atoms with Gasteiger partial charge in [0.05, 0.1) is 29.7 Å². The van der Waals surface area contributed by atoms with E-state index < -0.39 is 17.3 Å². The molecule has 1 aliphatic heterocycles. The van der Waals surface area contributed by atoms with E-state index in [-0.39, 0.29) is 23.7 Å². The fraction of sp³-hybridized carbons (Fsp3) is 0.222. The average Bonchev–Trinajstić information content (AvgIpc) is 3.04. The molecule has 5 heteroatoms. The summed E-state index contributed by atoms with van der Waals surface area (Å²) in [6.07, 6.45) is 0. The maximum absolute atomic E-state index is 14.0. The van der Waals surface area contributed by atoms with E-state index in [0.717, 1.165) is 22.3 Å². The van der Waals surface area contributed by atoms with Crippen molar-refractivity contribution >= 4 is 23.5 Å². The summed E-state index contributed by atoms with van der Waals surface area (Å²) in [6, 6.07) is 22.8. The van der Waals surface area contributed by atoms with Crippen LogP contribution < -0.4 is 4.90 Å². The zero-order valence-electron chi connectivity index (χ0n) is 17.7. The molecule has 2 amide bonds. The van der Waals surface area contributed by atoms with Gasteiger partial charge in [0.2, 0.25) is 11.8 Å². The molecule has 3 aromatic rings. The summed E-state index contributed by atoms with van der Waals surface area (Å²) in [5.41, 5.74) is 4.55. The molecule has 2 bridgehead atoms. The second kappa shape index (κ2) is 6.39. The van der Waals surface area contributed by atoms with Gasteiger partial charge in [-0.2, -0.15) is 0 Å². The van der Waals surface area contributed by atoms with Crippen LogP contribution in [0, 0.1) is 11.3 Å². The van der Waals surface area contributed by atoms with Gasteiger partial charge in [0.15, 0.2) is 0 Å². The summed E-state index contributed by atoms with van der Waals surface area (Å²) < 4.78 is 4.76. The van der Waals surface area contributed by atoms with Gasteiger partial charge in [-0.15, -0.1) is 0 Å². The van der Waals surface area contributed by atoms with Crippen molar-refractivity contribution in [1.29, 1.82) is 0 Å². The smallest absolute Gasteiger partial charge is 0.337 e. The zero-order chi connectivity index (χ0) is 22.2. The largest absolute Gasteiger partial charge is 0.465 e. The van der Waals surface area contributed by atoms with Crippen molar-refractivity contribution in [2.45, 2.75) is 18.8 Å². The van der Waals surface area contributed by atoms with Crippen LogP contribution in [0.2, 0.25) is 0 Å². The lowest BCUT2D eigenvalue weighted by Crippen LogP contribution is -2.49. The number of esters is 1. The van der Waals surface area contributed by atoms with Gasteiger partial charge < -0.3 is 4.74 Å². The first-order chi connectivity index (χ1) is 15.5. The molecule has 7 rings (SSSR count). The quantitative estimate of drug-likeness (QED) is 0.456. The summed E-state index contributed by atoms with van der Waals surface area (Å²) in [5.74, 6) is -1.63. The van der Waals surface area contributed by atoms with Crippen LogP contribution >= 0.6 is 0 Å². The van der Waals surface area contributed by atoms with E-state index in [1.165, 1.54) is 12.0 Å². The van der Waals surface area contributed by atoms with Crippen molar-refractivity contribution in [3.63, 3.8) is 0 Å². The van der Waals surface area contributed by atoms with Gasteiger partial charge in [-0.05, 0) is 53.4 Å². The predicted octanol–water partition coefficient (Wildman–Crippen LogP) is 4.26. The van der Waals surface area contributed by atoms with E-state index in [2.05, 4.69) is 24.3 Å². The van der Waals surface area contributed by atoms with Crippen molar-refractivity contribution in [1.82, 2.24) is 0 Å². The van der Waals surface area contributed by atoms with Crippen molar-refractivity contribution in [2.24, 2.45) is 11.3 Å². The van der Waals surface area contributed by atoms with Crippen LogP contribution in [0.5, 0.6) is 0 Å². The minimum absolute atomic E-state index is 0.159. The summed E-state index contributed by atoms with van der Waals surface area (Å²) in [4.78, 5) is 41.0. The van der Waals surface area contributed by atoms with Crippen LogP contribution in [0.25, 0.3) is 0 Å². The van der Waals surface area contributed by atoms with Gasteiger partial charge in [-0.25, -0.2) is 9.69 Å². The Labute approximate surface area is 185 Å². The molecule has 5 nitrogen and oxygen atoms in total. The topological polar surface area (TPSA) is 63.7 Å². The van der Waals surface area contributed by atoms with Crippen LogP contribution in [0.3, 0.4) is 0 Å². The number of carbonyl (C=O) groups excluding carboxylic acids is 3. The molecule has 0 unspecified atom stereocenters.